The summed E-state index contributed by atoms with van der Waals surface area (Å²) in [5.74, 6) is 0.524. The van der Waals surface area contributed by atoms with Crippen LogP contribution in [0.1, 0.15) is 35.6 Å². The van der Waals surface area contributed by atoms with Crippen LogP contribution in [0.5, 0.6) is 0 Å². The summed E-state index contributed by atoms with van der Waals surface area (Å²) in [7, 11) is 2.17. The van der Waals surface area contributed by atoms with Gasteiger partial charge in [0.05, 0.1) is 60.9 Å². The number of likely N-dealkylation sites (N-methyl/N-ethyl adjacent to an activating group) is 1. The Hall–Kier alpha value is -1.85. The van der Waals surface area contributed by atoms with E-state index in [1.54, 1.807) is 0 Å². The number of benzene rings is 1. The number of carbonyl (C=O) groups excluding carboxylic acids is 1. The third-order valence-electron chi connectivity index (χ3n) is 4.99. The third kappa shape index (κ3) is 3.79. The molecule has 140 valence electrons. The molecule has 0 atom stereocenters. The highest BCUT2D eigenvalue weighted by Crippen LogP contribution is 2.26. The van der Waals surface area contributed by atoms with Crippen molar-refractivity contribution in [3.05, 3.63) is 46.2 Å². The topological polar surface area (TPSA) is 42.6 Å². The highest BCUT2D eigenvalue weighted by Gasteiger charge is 2.29. The quantitative estimate of drug-likeness (QED) is 0.888. The van der Waals surface area contributed by atoms with Gasteiger partial charge in [-0.2, -0.15) is 5.10 Å². The first-order chi connectivity index (χ1) is 12.4. The second kappa shape index (κ2) is 7.80. The number of carbonyl (C=O) groups is 1. The molecule has 1 aliphatic heterocycles. The number of aromatic nitrogens is 2. The van der Waals surface area contributed by atoms with Gasteiger partial charge in [0.1, 0.15) is 0 Å². The monoisotopic (exact) mass is 375 g/mol. The molecule has 1 N–H and O–H groups in total. The summed E-state index contributed by atoms with van der Waals surface area (Å²) in [6, 6.07) is 7.63. The summed E-state index contributed by atoms with van der Waals surface area (Å²) in [5.41, 5.74) is 3.30. The predicted octanol–water partition coefficient (Wildman–Crippen LogP) is 2.00. The van der Waals surface area contributed by atoms with E-state index in [4.69, 9.17) is 16.7 Å². The van der Waals surface area contributed by atoms with Crippen molar-refractivity contribution in [2.45, 2.75) is 27.2 Å². The van der Waals surface area contributed by atoms with Gasteiger partial charge in [0.25, 0.3) is 5.91 Å². The number of piperazine rings is 1. The van der Waals surface area contributed by atoms with Crippen molar-refractivity contribution < 1.29 is 9.69 Å². The fourth-order valence-corrected chi connectivity index (χ4v) is 3.69. The first-order valence-corrected chi connectivity index (χ1v) is 9.70. The number of quaternary nitrogens is 1. The van der Waals surface area contributed by atoms with Crippen LogP contribution in [0.25, 0.3) is 5.69 Å². The van der Waals surface area contributed by atoms with Gasteiger partial charge in [-0.15, -0.1) is 0 Å². The lowest BCUT2D eigenvalue weighted by atomic mass is 10.0. The van der Waals surface area contributed by atoms with Gasteiger partial charge in [-0.05, 0) is 31.4 Å². The largest absolute Gasteiger partial charge is 0.334 e. The Balaban J connectivity index is 2.03. The summed E-state index contributed by atoms with van der Waals surface area (Å²) in [6.45, 7) is 9.83. The maximum atomic E-state index is 13.3. The van der Waals surface area contributed by atoms with Crippen LogP contribution >= 0.6 is 11.6 Å². The molecule has 1 aromatic heterocycles. The highest BCUT2D eigenvalue weighted by atomic mass is 35.5. The lowest BCUT2D eigenvalue weighted by molar-refractivity contribution is -0.883. The Morgan fingerprint density at radius 1 is 1.27 bits per heavy atom. The number of rotatable bonds is 4. The standard InChI is InChI=1S/C20H27ClN4O/c1-14(2)13-17-19(20(26)24-11-9-23(4)10-12-24)15(3)25(22-17)18-8-6-5-7-16(18)21/h5-8,14H,9-13H2,1-4H3/p+1. The van der Waals surface area contributed by atoms with E-state index in [0.29, 0.717) is 10.9 Å². The van der Waals surface area contributed by atoms with Crippen molar-refractivity contribution in [1.82, 2.24) is 14.7 Å². The minimum Gasteiger partial charge on any atom is -0.334 e. The van der Waals surface area contributed by atoms with Crippen molar-refractivity contribution in [2.75, 3.05) is 33.2 Å². The summed E-state index contributed by atoms with van der Waals surface area (Å²) in [4.78, 5) is 16.7. The van der Waals surface area contributed by atoms with E-state index in [2.05, 4.69) is 20.9 Å². The third-order valence-corrected chi connectivity index (χ3v) is 5.31. The summed E-state index contributed by atoms with van der Waals surface area (Å²) in [6.07, 6.45) is 0.776. The SMILES string of the molecule is Cc1c(C(=O)N2CC[NH+](C)CC2)c(CC(C)C)nn1-c1ccccc1Cl. The molecule has 0 aliphatic carbocycles. The molecule has 3 rings (SSSR count). The van der Waals surface area contributed by atoms with Crippen molar-refractivity contribution >= 4 is 17.5 Å². The van der Waals surface area contributed by atoms with Crippen LogP contribution in [0.15, 0.2) is 24.3 Å². The van der Waals surface area contributed by atoms with Crippen LogP contribution in [-0.4, -0.2) is 53.8 Å². The molecule has 26 heavy (non-hydrogen) atoms. The van der Waals surface area contributed by atoms with E-state index in [9.17, 15) is 4.79 Å². The molecule has 0 unspecified atom stereocenters. The van der Waals surface area contributed by atoms with Gasteiger partial charge in [-0.25, -0.2) is 4.68 Å². The van der Waals surface area contributed by atoms with Gasteiger partial charge in [0.15, 0.2) is 0 Å². The average molecular weight is 376 g/mol. The molecule has 1 fully saturated rings. The lowest BCUT2D eigenvalue weighted by Gasteiger charge is -2.30. The Kier molecular flexibility index (Phi) is 5.68. The molecule has 0 spiro atoms. The zero-order chi connectivity index (χ0) is 18.8. The van der Waals surface area contributed by atoms with Crippen molar-refractivity contribution in [3.8, 4) is 5.69 Å². The number of hydrogen-bond acceptors (Lipinski definition) is 2. The Bertz CT molecular complexity index is 791. The molecule has 2 aromatic rings. The molecular formula is C20H28ClN4O+. The molecule has 1 amide bonds. The van der Waals surface area contributed by atoms with E-state index in [-0.39, 0.29) is 5.91 Å². The normalized spacial score (nSPS) is 15.7. The molecule has 1 aliphatic rings. The maximum Gasteiger partial charge on any atom is 0.258 e. The molecule has 2 heterocycles. The van der Waals surface area contributed by atoms with E-state index >= 15 is 0 Å². The number of para-hydroxylation sites is 1. The van der Waals surface area contributed by atoms with Gasteiger partial charge < -0.3 is 9.80 Å². The Morgan fingerprint density at radius 3 is 2.54 bits per heavy atom. The highest BCUT2D eigenvalue weighted by molar-refractivity contribution is 6.32. The van der Waals surface area contributed by atoms with E-state index in [1.807, 2.05) is 40.8 Å². The maximum absolute atomic E-state index is 13.3. The smallest absolute Gasteiger partial charge is 0.258 e. The molecule has 1 saturated heterocycles. The molecule has 0 saturated carbocycles. The zero-order valence-corrected chi connectivity index (χ0v) is 16.8. The molecular weight excluding hydrogens is 348 g/mol. The Labute approximate surface area is 160 Å². The average Bonchev–Trinajstić information content (AvgIpc) is 2.90. The van der Waals surface area contributed by atoms with E-state index < -0.39 is 0 Å². The van der Waals surface area contributed by atoms with Crippen molar-refractivity contribution in [2.24, 2.45) is 5.92 Å². The number of nitrogens with one attached hydrogen (secondary N) is 1. The molecule has 5 nitrogen and oxygen atoms in total. The number of hydrogen-bond donors (Lipinski definition) is 1. The second-order valence-corrected chi connectivity index (χ2v) is 8.02. The van der Waals surface area contributed by atoms with Crippen LogP contribution in [0.2, 0.25) is 5.02 Å². The van der Waals surface area contributed by atoms with Gasteiger partial charge in [-0.1, -0.05) is 37.6 Å². The molecule has 0 radical (unpaired) electrons. The van der Waals surface area contributed by atoms with Crippen LogP contribution in [0.4, 0.5) is 0 Å². The first kappa shape index (κ1) is 18.9. The first-order valence-electron chi connectivity index (χ1n) is 9.32. The fourth-order valence-electron chi connectivity index (χ4n) is 3.48. The van der Waals surface area contributed by atoms with Gasteiger partial charge in [0, 0.05) is 0 Å². The van der Waals surface area contributed by atoms with Crippen LogP contribution in [-0.2, 0) is 6.42 Å². The van der Waals surface area contributed by atoms with Crippen LogP contribution in [0.3, 0.4) is 0 Å². The summed E-state index contributed by atoms with van der Waals surface area (Å²) in [5, 5.41) is 5.43. The van der Waals surface area contributed by atoms with Crippen molar-refractivity contribution in [3.63, 3.8) is 0 Å². The van der Waals surface area contributed by atoms with E-state index in [1.165, 1.54) is 4.90 Å². The summed E-state index contributed by atoms with van der Waals surface area (Å²) >= 11 is 6.38. The number of amides is 1. The summed E-state index contributed by atoms with van der Waals surface area (Å²) < 4.78 is 1.83. The minimum atomic E-state index is 0.101. The van der Waals surface area contributed by atoms with Gasteiger partial charge in [0.2, 0.25) is 0 Å². The number of halogens is 1. The zero-order valence-electron chi connectivity index (χ0n) is 16.1. The van der Waals surface area contributed by atoms with Crippen LogP contribution in [0, 0.1) is 12.8 Å². The lowest BCUT2D eigenvalue weighted by Crippen LogP contribution is -3.12. The number of nitrogens with zero attached hydrogens (tertiary/aromatic N) is 3. The van der Waals surface area contributed by atoms with Crippen molar-refractivity contribution in [1.29, 1.82) is 0 Å². The van der Waals surface area contributed by atoms with Gasteiger partial charge in [-0.3, -0.25) is 4.79 Å². The molecule has 1 aromatic carbocycles. The van der Waals surface area contributed by atoms with E-state index in [0.717, 1.165) is 55.2 Å². The van der Waals surface area contributed by atoms with Gasteiger partial charge >= 0.3 is 0 Å². The molecule has 6 heteroatoms. The van der Waals surface area contributed by atoms with Crippen LogP contribution < -0.4 is 4.90 Å². The second-order valence-electron chi connectivity index (χ2n) is 7.62. The Morgan fingerprint density at radius 2 is 1.92 bits per heavy atom. The fraction of sp³-hybridized carbons (Fsp3) is 0.500. The predicted molar refractivity (Wildman–Crippen MR) is 104 cm³/mol. The minimum absolute atomic E-state index is 0.101. The molecule has 0 bridgehead atoms.